The zero-order valence-electron chi connectivity index (χ0n) is 12.9. The fraction of sp³-hybridized carbons (Fsp3) is 0.625. The number of likely N-dealkylation sites (N-methyl/N-ethyl adjacent to an activating group) is 2. The van der Waals surface area contributed by atoms with Crippen LogP contribution in [-0.2, 0) is 6.42 Å². The summed E-state index contributed by atoms with van der Waals surface area (Å²) in [5.41, 5.74) is 7.92. The first kappa shape index (κ1) is 16.0. The van der Waals surface area contributed by atoms with Crippen LogP contribution in [0.1, 0.15) is 25.8 Å². The highest BCUT2D eigenvalue weighted by atomic mass is 15.2. The van der Waals surface area contributed by atoms with Crippen LogP contribution in [0.25, 0.3) is 0 Å². The summed E-state index contributed by atoms with van der Waals surface area (Å²) in [7, 11) is 4.28. The highest BCUT2D eigenvalue weighted by Gasteiger charge is 2.12. The average Bonchev–Trinajstić information content (AvgIpc) is 2.36. The fourth-order valence-electron chi connectivity index (χ4n) is 2.50. The van der Waals surface area contributed by atoms with Gasteiger partial charge in [0.25, 0.3) is 0 Å². The summed E-state index contributed by atoms with van der Waals surface area (Å²) in [6.07, 6.45) is 2.33. The minimum absolute atomic E-state index is 0.617. The predicted octanol–water partition coefficient (Wildman–Crippen LogP) is 2.47. The Labute approximate surface area is 118 Å². The van der Waals surface area contributed by atoms with Gasteiger partial charge < -0.3 is 10.6 Å². The molecule has 0 heterocycles. The molecule has 0 aromatic heterocycles. The van der Waals surface area contributed by atoms with E-state index in [1.807, 2.05) is 12.1 Å². The van der Waals surface area contributed by atoms with E-state index in [1.165, 1.54) is 12.0 Å². The van der Waals surface area contributed by atoms with Gasteiger partial charge in [-0.15, -0.1) is 0 Å². The van der Waals surface area contributed by atoms with Crippen molar-refractivity contribution in [2.24, 2.45) is 0 Å². The lowest BCUT2D eigenvalue weighted by Gasteiger charge is -2.29. The Bertz CT molecular complexity index is 346. The quantitative estimate of drug-likeness (QED) is 0.731. The Morgan fingerprint density at radius 2 is 1.79 bits per heavy atom. The van der Waals surface area contributed by atoms with Crippen LogP contribution in [0.5, 0.6) is 0 Å². The SMILES string of the molecule is CCN(CCCc1ccc(N)cc1)C(C)CN(C)C. The Balaban J connectivity index is 2.35. The van der Waals surface area contributed by atoms with Crippen LogP contribution in [0.15, 0.2) is 24.3 Å². The van der Waals surface area contributed by atoms with Gasteiger partial charge in [-0.2, -0.15) is 0 Å². The van der Waals surface area contributed by atoms with Crippen molar-refractivity contribution < 1.29 is 0 Å². The number of nitrogens with zero attached hydrogens (tertiary/aromatic N) is 2. The molecule has 108 valence electrons. The number of anilines is 1. The van der Waals surface area contributed by atoms with Crippen molar-refractivity contribution in [1.82, 2.24) is 9.80 Å². The summed E-state index contributed by atoms with van der Waals surface area (Å²) in [6.45, 7) is 7.96. The van der Waals surface area contributed by atoms with Crippen LogP contribution >= 0.6 is 0 Å². The third-order valence-corrected chi connectivity index (χ3v) is 3.55. The predicted molar refractivity (Wildman–Crippen MR) is 84.4 cm³/mol. The van der Waals surface area contributed by atoms with Crippen molar-refractivity contribution in [3.05, 3.63) is 29.8 Å². The molecule has 0 spiro atoms. The van der Waals surface area contributed by atoms with Crippen LogP contribution in [0, 0.1) is 0 Å². The zero-order chi connectivity index (χ0) is 14.3. The molecule has 0 aliphatic heterocycles. The monoisotopic (exact) mass is 263 g/mol. The largest absolute Gasteiger partial charge is 0.399 e. The zero-order valence-corrected chi connectivity index (χ0v) is 12.9. The van der Waals surface area contributed by atoms with Gasteiger partial charge in [0.05, 0.1) is 0 Å². The lowest BCUT2D eigenvalue weighted by Crippen LogP contribution is -2.40. The molecular weight excluding hydrogens is 234 g/mol. The summed E-state index contributed by atoms with van der Waals surface area (Å²) in [4.78, 5) is 4.81. The molecule has 0 bridgehead atoms. The second-order valence-electron chi connectivity index (χ2n) is 5.58. The van der Waals surface area contributed by atoms with E-state index in [-0.39, 0.29) is 0 Å². The molecule has 19 heavy (non-hydrogen) atoms. The van der Waals surface area contributed by atoms with E-state index in [4.69, 9.17) is 5.73 Å². The van der Waals surface area contributed by atoms with Gasteiger partial charge in [0.1, 0.15) is 0 Å². The van der Waals surface area contributed by atoms with Crippen LogP contribution in [0.3, 0.4) is 0 Å². The van der Waals surface area contributed by atoms with E-state index in [0.29, 0.717) is 6.04 Å². The summed E-state index contributed by atoms with van der Waals surface area (Å²) in [6, 6.07) is 8.86. The highest BCUT2D eigenvalue weighted by molar-refractivity contribution is 5.39. The molecule has 0 amide bonds. The molecule has 1 unspecified atom stereocenters. The normalized spacial score (nSPS) is 13.2. The van der Waals surface area contributed by atoms with Crippen LogP contribution in [-0.4, -0.2) is 49.6 Å². The minimum Gasteiger partial charge on any atom is -0.399 e. The van der Waals surface area contributed by atoms with E-state index >= 15 is 0 Å². The second-order valence-corrected chi connectivity index (χ2v) is 5.58. The van der Waals surface area contributed by atoms with Crippen molar-refractivity contribution in [3.63, 3.8) is 0 Å². The first-order valence-corrected chi connectivity index (χ1v) is 7.26. The van der Waals surface area contributed by atoms with E-state index < -0.39 is 0 Å². The topological polar surface area (TPSA) is 32.5 Å². The Morgan fingerprint density at radius 3 is 2.32 bits per heavy atom. The summed E-state index contributed by atoms with van der Waals surface area (Å²) >= 11 is 0. The summed E-state index contributed by atoms with van der Waals surface area (Å²) < 4.78 is 0. The number of hydrogen-bond acceptors (Lipinski definition) is 3. The first-order chi connectivity index (χ1) is 9.02. The van der Waals surface area contributed by atoms with Crippen molar-refractivity contribution in [3.8, 4) is 0 Å². The molecule has 3 heteroatoms. The molecule has 0 aliphatic rings. The number of nitrogens with two attached hydrogens (primary N) is 1. The van der Waals surface area contributed by atoms with Gasteiger partial charge in [-0.25, -0.2) is 0 Å². The molecular formula is C16H29N3. The van der Waals surface area contributed by atoms with Gasteiger partial charge in [0.15, 0.2) is 0 Å². The van der Waals surface area contributed by atoms with Gasteiger partial charge in [0.2, 0.25) is 0 Å². The molecule has 0 fully saturated rings. The molecule has 1 aromatic carbocycles. The summed E-state index contributed by atoms with van der Waals surface area (Å²) in [5, 5.41) is 0. The van der Waals surface area contributed by atoms with E-state index in [9.17, 15) is 0 Å². The maximum atomic E-state index is 5.70. The molecule has 3 nitrogen and oxygen atoms in total. The molecule has 0 saturated carbocycles. The molecule has 2 N–H and O–H groups in total. The van der Waals surface area contributed by atoms with Crippen molar-refractivity contribution in [2.75, 3.05) is 39.5 Å². The molecule has 0 aliphatic carbocycles. The van der Waals surface area contributed by atoms with Crippen LogP contribution in [0.2, 0.25) is 0 Å². The Kier molecular flexibility index (Phi) is 6.89. The Hall–Kier alpha value is -1.06. The molecule has 1 rings (SSSR count). The summed E-state index contributed by atoms with van der Waals surface area (Å²) in [5.74, 6) is 0. The molecule has 1 atom stereocenters. The standard InChI is InChI=1S/C16H29N3/c1-5-19(14(2)13-18(3)4)12-6-7-15-8-10-16(17)11-9-15/h8-11,14H,5-7,12-13,17H2,1-4H3. The third kappa shape index (κ3) is 6.08. The highest BCUT2D eigenvalue weighted by Crippen LogP contribution is 2.09. The van der Waals surface area contributed by atoms with E-state index in [0.717, 1.165) is 31.7 Å². The number of benzene rings is 1. The lowest BCUT2D eigenvalue weighted by atomic mass is 10.1. The maximum Gasteiger partial charge on any atom is 0.0314 e. The molecule has 0 saturated heterocycles. The molecule has 0 radical (unpaired) electrons. The van der Waals surface area contributed by atoms with Crippen LogP contribution < -0.4 is 5.73 Å². The number of hydrogen-bond donors (Lipinski definition) is 1. The number of nitrogen functional groups attached to an aromatic ring is 1. The van der Waals surface area contributed by atoms with Gasteiger partial charge >= 0.3 is 0 Å². The Morgan fingerprint density at radius 1 is 1.16 bits per heavy atom. The van der Waals surface area contributed by atoms with Gasteiger partial charge in [-0.1, -0.05) is 19.1 Å². The number of aryl methyl sites for hydroxylation is 1. The van der Waals surface area contributed by atoms with Gasteiger partial charge in [0, 0.05) is 18.3 Å². The third-order valence-electron chi connectivity index (χ3n) is 3.55. The van der Waals surface area contributed by atoms with Crippen LogP contribution in [0.4, 0.5) is 5.69 Å². The second kappa shape index (κ2) is 8.18. The molecule has 1 aromatic rings. The van der Waals surface area contributed by atoms with Crippen molar-refractivity contribution in [1.29, 1.82) is 0 Å². The van der Waals surface area contributed by atoms with Gasteiger partial charge in [-0.3, -0.25) is 4.90 Å². The average molecular weight is 263 g/mol. The van der Waals surface area contributed by atoms with Gasteiger partial charge in [-0.05, 0) is 64.6 Å². The van der Waals surface area contributed by atoms with Crippen molar-refractivity contribution >= 4 is 5.69 Å². The first-order valence-electron chi connectivity index (χ1n) is 7.26. The lowest BCUT2D eigenvalue weighted by molar-refractivity contribution is 0.180. The smallest absolute Gasteiger partial charge is 0.0314 e. The maximum absolute atomic E-state index is 5.70. The number of rotatable bonds is 8. The minimum atomic E-state index is 0.617. The van der Waals surface area contributed by atoms with E-state index in [1.54, 1.807) is 0 Å². The fourth-order valence-corrected chi connectivity index (χ4v) is 2.50. The van der Waals surface area contributed by atoms with Crippen molar-refractivity contribution in [2.45, 2.75) is 32.7 Å². The van der Waals surface area contributed by atoms with E-state index in [2.05, 4.69) is 49.9 Å².